The second-order valence-corrected chi connectivity index (χ2v) is 6.88. The number of fused-ring (bicyclic) bond motifs is 2. The fraction of sp³-hybridized carbons (Fsp3) is 1.00. The second kappa shape index (κ2) is 5.10. The molecule has 0 aromatic heterocycles. The topological polar surface area (TPSA) is 35.5 Å². The highest BCUT2D eigenvalue weighted by Crippen LogP contribution is 2.34. The highest BCUT2D eigenvalue weighted by molar-refractivity contribution is 4.97. The summed E-state index contributed by atoms with van der Waals surface area (Å²) in [4.78, 5) is 2.58. The molecule has 1 aliphatic carbocycles. The van der Waals surface area contributed by atoms with Crippen LogP contribution in [-0.4, -0.2) is 47.3 Å². The minimum Gasteiger partial charge on any atom is -0.389 e. The van der Waals surface area contributed by atoms with Crippen molar-refractivity contribution in [2.24, 2.45) is 0 Å². The number of piperidine rings is 1. The zero-order chi connectivity index (χ0) is 12.6. The first-order valence-electron chi connectivity index (χ1n) is 7.84. The van der Waals surface area contributed by atoms with Gasteiger partial charge in [-0.2, -0.15) is 0 Å². The van der Waals surface area contributed by atoms with Crippen LogP contribution in [0.25, 0.3) is 0 Å². The molecule has 3 nitrogen and oxygen atoms in total. The maximum atomic E-state index is 10.5. The molecule has 2 heterocycles. The van der Waals surface area contributed by atoms with Crippen LogP contribution in [-0.2, 0) is 0 Å². The molecule has 2 aliphatic heterocycles. The Hall–Kier alpha value is -0.120. The summed E-state index contributed by atoms with van der Waals surface area (Å²) in [6.45, 7) is 0.820. The van der Waals surface area contributed by atoms with Gasteiger partial charge in [-0.3, -0.25) is 0 Å². The fourth-order valence-corrected chi connectivity index (χ4v) is 4.30. The average Bonchev–Trinajstić information content (AvgIpc) is 2.61. The van der Waals surface area contributed by atoms with Gasteiger partial charge < -0.3 is 15.3 Å². The van der Waals surface area contributed by atoms with Crippen LogP contribution in [0, 0.1) is 0 Å². The predicted molar refractivity (Wildman–Crippen MR) is 73.6 cm³/mol. The Balaban J connectivity index is 1.49. The van der Waals surface area contributed by atoms with Crippen LogP contribution in [0.15, 0.2) is 0 Å². The van der Waals surface area contributed by atoms with Crippen LogP contribution in [0.4, 0.5) is 0 Å². The van der Waals surface area contributed by atoms with Gasteiger partial charge in [0.25, 0.3) is 0 Å². The number of nitrogens with zero attached hydrogens (tertiary/aromatic N) is 1. The molecule has 104 valence electrons. The average molecular weight is 252 g/mol. The van der Waals surface area contributed by atoms with E-state index in [-0.39, 0.29) is 0 Å². The molecule has 18 heavy (non-hydrogen) atoms. The standard InChI is InChI=1S/C15H28N2O/c1-17-13-5-6-14(17)10-12(9-13)16-11-15(18)7-3-2-4-8-15/h12-14,16,18H,2-11H2,1H3. The lowest BCUT2D eigenvalue weighted by atomic mass is 9.84. The van der Waals surface area contributed by atoms with E-state index < -0.39 is 5.60 Å². The Labute approximate surface area is 111 Å². The summed E-state index contributed by atoms with van der Waals surface area (Å²) in [6, 6.07) is 2.23. The zero-order valence-corrected chi connectivity index (χ0v) is 11.7. The lowest BCUT2D eigenvalue weighted by Crippen LogP contribution is -2.51. The Bertz CT molecular complexity index is 274. The molecule has 0 spiro atoms. The molecule has 3 heteroatoms. The van der Waals surface area contributed by atoms with Gasteiger partial charge in [0.05, 0.1) is 5.60 Å². The molecule has 1 saturated carbocycles. The molecule has 0 aromatic carbocycles. The van der Waals surface area contributed by atoms with Crippen molar-refractivity contribution in [2.45, 2.75) is 81.5 Å². The molecule has 2 unspecified atom stereocenters. The largest absolute Gasteiger partial charge is 0.389 e. The van der Waals surface area contributed by atoms with Crippen LogP contribution in [0.1, 0.15) is 57.8 Å². The number of hydrogen-bond donors (Lipinski definition) is 2. The van der Waals surface area contributed by atoms with E-state index in [1.807, 2.05) is 0 Å². The maximum Gasteiger partial charge on any atom is 0.0771 e. The third-order valence-electron chi connectivity index (χ3n) is 5.60. The van der Waals surface area contributed by atoms with Gasteiger partial charge in [-0.1, -0.05) is 19.3 Å². The summed E-state index contributed by atoms with van der Waals surface area (Å²) in [5.41, 5.74) is -0.402. The van der Waals surface area contributed by atoms with Crippen LogP contribution in [0.3, 0.4) is 0 Å². The lowest BCUT2D eigenvalue weighted by molar-refractivity contribution is -0.000582. The molecule has 0 amide bonds. The highest BCUT2D eigenvalue weighted by Gasteiger charge is 2.39. The number of aliphatic hydroxyl groups is 1. The Morgan fingerprint density at radius 1 is 1.11 bits per heavy atom. The van der Waals surface area contributed by atoms with Gasteiger partial charge in [0.2, 0.25) is 0 Å². The molecule has 2 N–H and O–H groups in total. The van der Waals surface area contributed by atoms with Gasteiger partial charge in [0.15, 0.2) is 0 Å². The molecule has 2 atom stereocenters. The van der Waals surface area contributed by atoms with Gasteiger partial charge in [0, 0.05) is 24.7 Å². The first-order valence-corrected chi connectivity index (χ1v) is 7.84. The highest BCUT2D eigenvalue weighted by atomic mass is 16.3. The third-order valence-corrected chi connectivity index (χ3v) is 5.60. The van der Waals surface area contributed by atoms with Crippen molar-refractivity contribution in [1.82, 2.24) is 10.2 Å². The summed E-state index contributed by atoms with van der Waals surface area (Å²) in [5.74, 6) is 0. The van der Waals surface area contributed by atoms with Crippen molar-refractivity contribution in [3.8, 4) is 0 Å². The lowest BCUT2D eigenvalue weighted by Gasteiger charge is -2.39. The Morgan fingerprint density at radius 2 is 1.72 bits per heavy atom. The third kappa shape index (κ3) is 2.59. The van der Waals surface area contributed by atoms with Crippen LogP contribution < -0.4 is 5.32 Å². The first-order chi connectivity index (χ1) is 8.66. The summed E-state index contributed by atoms with van der Waals surface area (Å²) < 4.78 is 0. The Kier molecular flexibility index (Phi) is 3.65. The van der Waals surface area contributed by atoms with Gasteiger partial charge in [-0.15, -0.1) is 0 Å². The normalized spacial score (nSPS) is 40.0. The van der Waals surface area contributed by atoms with Crippen molar-refractivity contribution >= 4 is 0 Å². The molecule has 2 bridgehead atoms. The summed E-state index contributed by atoms with van der Waals surface area (Å²) in [5, 5.41) is 14.2. The first kappa shape index (κ1) is 12.9. The van der Waals surface area contributed by atoms with Gasteiger partial charge >= 0.3 is 0 Å². The summed E-state index contributed by atoms with van der Waals surface area (Å²) in [7, 11) is 2.28. The van der Waals surface area contributed by atoms with E-state index in [1.54, 1.807) is 0 Å². The minimum absolute atomic E-state index is 0.402. The van der Waals surface area contributed by atoms with E-state index in [1.165, 1.54) is 44.9 Å². The number of nitrogens with one attached hydrogen (secondary N) is 1. The smallest absolute Gasteiger partial charge is 0.0771 e. The van der Waals surface area contributed by atoms with Gasteiger partial charge in [-0.25, -0.2) is 0 Å². The van der Waals surface area contributed by atoms with Crippen LogP contribution in [0.2, 0.25) is 0 Å². The SMILES string of the molecule is CN1C2CCC1CC(NCC1(O)CCCCC1)C2. The van der Waals surface area contributed by atoms with E-state index in [0.717, 1.165) is 31.5 Å². The van der Waals surface area contributed by atoms with Crippen molar-refractivity contribution in [1.29, 1.82) is 0 Å². The van der Waals surface area contributed by atoms with Crippen LogP contribution >= 0.6 is 0 Å². The monoisotopic (exact) mass is 252 g/mol. The van der Waals surface area contributed by atoms with Gasteiger partial charge in [0.1, 0.15) is 0 Å². The fourth-order valence-electron chi connectivity index (χ4n) is 4.30. The molecule has 3 fully saturated rings. The quantitative estimate of drug-likeness (QED) is 0.805. The molecule has 2 saturated heterocycles. The van der Waals surface area contributed by atoms with Gasteiger partial charge in [-0.05, 0) is 45.6 Å². The second-order valence-electron chi connectivity index (χ2n) is 6.88. The molecule has 3 rings (SSSR count). The molecule has 3 aliphatic rings. The molecule has 0 radical (unpaired) electrons. The molecule has 0 aromatic rings. The van der Waals surface area contributed by atoms with E-state index in [9.17, 15) is 5.11 Å². The minimum atomic E-state index is -0.402. The van der Waals surface area contributed by atoms with Crippen molar-refractivity contribution in [2.75, 3.05) is 13.6 Å². The number of hydrogen-bond acceptors (Lipinski definition) is 3. The maximum absolute atomic E-state index is 10.5. The van der Waals surface area contributed by atoms with Crippen molar-refractivity contribution in [3.05, 3.63) is 0 Å². The van der Waals surface area contributed by atoms with Crippen molar-refractivity contribution < 1.29 is 5.11 Å². The van der Waals surface area contributed by atoms with E-state index >= 15 is 0 Å². The molecular formula is C15H28N2O. The summed E-state index contributed by atoms with van der Waals surface area (Å²) >= 11 is 0. The zero-order valence-electron chi connectivity index (χ0n) is 11.7. The molecular weight excluding hydrogens is 224 g/mol. The van der Waals surface area contributed by atoms with E-state index in [0.29, 0.717) is 6.04 Å². The Morgan fingerprint density at radius 3 is 2.33 bits per heavy atom. The summed E-state index contributed by atoms with van der Waals surface area (Å²) in [6.07, 6.45) is 11.0. The predicted octanol–water partition coefficient (Wildman–Crippen LogP) is 1.90. The van der Waals surface area contributed by atoms with E-state index in [4.69, 9.17) is 0 Å². The van der Waals surface area contributed by atoms with Crippen LogP contribution in [0.5, 0.6) is 0 Å². The number of rotatable bonds is 3. The van der Waals surface area contributed by atoms with E-state index in [2.05, 4.69) is 17.3 Å². The van der Waals surface area contributed by atoms with Crippen molar-refractivity contribution in [3.63, 3.8) is 0 Å².